The van der Waals surface area contributed by atoms with Gasteiger partial charge in [0.05, 0.1) is 0 Å². The van der Waals surface area contributed by atoms with E-state index in [2.05, 4.69) is 4.98 Å². The van der Waals surface area contributed by atoms with Gasteiger partial charge in [0.15, 0.2) is 11.2 Å². The summed E-state index contributed by atoms with van der Waals surface area (Å²) < 4.78 is 6.59. The molecule has 2 aromatic rings. The Labute approximate surface area is 99.2 Å². The van der Waals surface area contributed by atoms with E-state index in [0.29, 0.717) is 17.8 Å². The number of aromatic nitrogens is 2. The average molecular weight is 235 g/mol. The highest BCUT2D eigenvalue weighted by Crippen LogP contribution is 2.19. The first-order valence-corrected chi connectivity index (χ1v) is 5.59. The van der Waals surface area contributed by atoms with Crippen molar-refractivity contribution in [1.29, 1.82) is 0 Å². The van der Waals surface area contributed by atoms with E-state index in [1.165, 1.54) is 4.57 Å². The smallest absolute Gasteiger partial charge is 0.406 e. The summed E-state index contributed by atoms with van der Waals surface area (Å²) >= 11 is 0. The largest absolute Gasteiger partial charge is 0.421 e. The first-order valence-electron chi connectivity index (χ1n) is 5.59. The van der Waals surface area contributed by atoms with E-state index in [9.17, 15) is 4.79 Å². The van der Waals surface area contributed by atoms with Crippen molar-refractivity contribution in [3.05, 3.63) is 28.9 Å². The van der Waals surface area contributed by atoms with E-state index in [0.717, 1.165) is 0 Å². The van der Waals surface area contributed by atoms with Crippen LogP contribution in [0.15, 0.2) is 27.5 Å². The van der Waals surface area contributed by atoms with Crippen LogP contribution in [-0.2, 0) is 6.54 Å². The summed E-state index contributed by atoms with van der Waals surface area (Å²) in [5.74, 6) is -0.404. The summed E-state index contributed by atoms with van der Waals surface area (Å²) in [6.07, 6.45) is 1.64. The Kier molecular flexibility index (Phi) is 2.79. The fourth-order valence-electron chi connectivity index (χ4n) is 1.53. The van der Waals surface area contributed by atoms with Crippen molar-refractivity contribution < 1.29 is 4.42 Å². The lowest BCUT2D eigenvalue weighted by Crippen LogP contribution is -2.40. The van der Waals surface area contributed by atoms with Crippen LogP contribution in [-0.4, -0.2) is 15.6 Å². The number of rotatable bonds is 2. The van der Waals surface area contributed by atoms with Gasteiger partial charge in [-0.2, -0.15) is 0 Å². The second-order valence-electron chi connectivity index (χ2n) is 5.28. The van der Waals surface area contributed by atoms with E-state index in [1.807, 2.05) is 20.8 Å². The van der Waals surface area contributed by atoms with Gasteiger partial charge in [0.1, 0.15) is 0 Å². The maximum atomic E-state index is 11.7. The molecule has 0 amide bonds. The Bertz CT molecular complexity index is 577. The third-order valence-corrected chi connectivity index (χ3v) is 2.92. The quantitative estimate of drug-likeness (QED) is 0.853. The monoisotopic (exact) mass is 235 g/mol. The molecule has 0 saturated heterocycles. The van der Waals surface area contributed by atoms with Gasteiger partial charge in [-0.3, -0.25) is 4.57 Å². The average Bonchev–Trinajstić information content (AvgIpc) is 2.54. The number of nitrogens with two attached hydrogens (primary N) is 1. The van der Waals surface area contributed by atoms with Crippen molar-refractivity contribution in [1.82, 2.24) is 9.55 Å². The molecule has 5 heteroatoms. The number of nitrogens with zero attached hydrogens (tertiary/aromatic N) is 2. The first-order chi connectivity index (χ1) is 7.89. The second kappa shape index (κ2) is 4.00. The molecule has 2 N–H and O–H groups in total. The standard InChI is InChI=1S/C12H17N3O2/c1-12(2,3)9(13)7-15-10-8(17-11(15)16)5-4-6-14-10/h4-6,9H,7,13H2,1-3H3. The maximum Gasteiger partial charge on any atom is 0.421 e. The zero-order chi connectivity index (χ0) is 12.6. The SMILES string of the molecule is CC(C)(C)C(N)Cn1c(=O)oc2cccnc21. The summed E-state index contributed by atoms with van der Waals surface area (Å²) in [5.41, 5.74) is 7.05. The fourth-order valence-corrected chi connectivity index (χ4v) is 1.53. The van der Waals surface area contributed by atoms with Crippen LogP contribution in [0, 0.1) is 5.41 Å². The van der Waals surface area contributed by atoms with Crippen molar-refractivity contribution in [3.8, 4) is 0 Å². The van der Waals surface area contributed by atoms with Crippen molar-refractivity contribution in [2.45, 2.75) is 33.4 Å². The minimum atomic E-state index is -0.404. The predicted molar refractivity (Wildman–Crippen MR) is 65.7 cm³/mol. The van der Waals surface area contributed by atoms with E-state index >= 15 is 0 Å². The molecule has 0 aromatic carbocycles. The van der Waals surface area contributed by atoms with Crippen LogP contribution in [0.25, 0.3) is 11.2 Å². The molecular formula is C12H17N3O2. The van der Waals surface area contributed by atoms with Crippen LogP contribution in [0.2, 0.25) is 0 Å². The van der Waals surface area contributed by atoms with Crippen molar-refractivity contribution in [3.63, 3.8) is 0 Å². The molecule has 0 aliphatic carbocycles. The lowest BCUT2D eigenvalue weighted by Gasteiger charge is -2.26. The Morgan fingerprint density at radius 2 is 2.24 bits per heavy atom. The van der Waals surface area contributed by atoms with Crippen molar-refractivity contribution in [2.75, 3.05) is 0 Å². The summed E-state index contributed by atoms with van der Waals surface area (Å²) in [4.78, 5) is 15.9. The Morgan fingerprint density at radius 1 is 1.53 bits per heavy atom. The molecule has 0 saturated carbocycles. The Balaban J connectivity index is 2.43. The van der Waals surface area contributed by atoms with Crippen LogP contribution in [0.1, 0.15) is 20.8 Å². The molecule has 0 aliphatic rings. The van der Waals surface area contributed by atoms with E-state index in [-0.39, 0.29) is 11.5 Å². The summed E-state index contributed by atoms with van der Waals surface area (Å²) in [7, 11) is 0. The van der Waals surface area contributed by atoms with Crippen LogP contribution < -0.4 is 11.5 Å². The zero-order valence-corrected chi connectivity index (χ0v) is 10.3. The van der Waals surface area contributed by atoms with Gasteiger partial charge in [0, 0.05) is 18.8 Å². The van der Waals surface area contributed by atoms with Gasteiger partial charge < -0.3 is 10.2 Å². The zero-order valence-electron chi connectivity index (χ0n) is 10.3. The molecule has 0 radical (unpaired) electrons. The number of hydrogen-bond acceptors (Lipinski definition) is 4. The molecule has 0 fully saturated rings. The Hall–Kier alpha value is -1.62. The van der Waals surface area contributed by atoms with Gasteiger partial charge in [0.2, 0.25) is 0 Å². The molecule has 0 bridgehead atoms. The Morgan fingerprint density at radius 3 is 2.88 bits per heavy atom. The number of pyridine rings is 1. The third kappa shape index (κ3) is 2.24. The summed E-state index contributed by atoms with van der Waals surface area (Å²) in [6, 6.07) is 3.32. The van der Waals surface area contributed by atoms with Gasteiger partial charge in [-0.05, 0) is 17.5 Å². The third-order valence-electron chi connectivity index (χ3n) is 2.92. The molecule has 0 spiro atoms. The summed E-state index contributed by atoms with van der Waals surface area (Å²) in [6.45, 7) is 6.53. The molecule has 2 aromatic heterocycles. The molecule has 5 nitrogen and oxygen atoms in total. The normalized spacial score (nSPS) is 14.1. The van der Waals surface area contributed by atoms with Gasteiger partial charge in [-0.1, -0.05) is 20.8 Å². The molecule has 92 valence electrons. The van der Waals surface area contributed by atoms with Crippen LogP contribution in [0.3, 0.4) is 0 Å². The molecule has 2 heterocycles. The van der Waals surface area contributed by atoms with E-state index < -0.39 is 5.76 Å². The number of oxazole rings is 1. The highest BCUT2D eigenvalue weighted by Gasteiger charge is 2.23. The first kappa shape index (κ1) is 11.9. The minimum Gasteiger partial charge on any atom is -0.406 e. The molecule has 2 rings (SSSR count). The topological polar surface area (TPSA) is 74.0 Å². The number of hydrogen-bond donors (Lipinski definition) is 1. The molecule has 17 heavy (non-hydrogen) atoms. The van der Waals surface area contributed by atoms with Crippen LogP contribution in [0.4, 0.5) is 0 Å². The molecule has 1 atom stereocenters. The molecule has 1 unspecified atom stereocenters. The van der Waals surface area contributed by atoms with Crippen molar-refractivity contribution in [2.24, 2.45) is 11.1 Å². The van der Waals surface area contributed by atoms with Crippen LogP contribution in [0.5, 0.6) is 0 Å². The van der Waals surface area contributed by atoms with Crippen molar-refractivity contribution >= 4 is 11.2 Å². The second-order valence-corrected chi connectivity index (χ2v) is 5.28. The predicted octanol–water partition coefficient (Wildman–Crippen LogP) is 1.36. The fraction of sp³-hybridized carbons (Fsp3) is 0.500. The summed E-state index contributed by atoms with van der Waals surface area (Å²) in [5, 5.41) is 0. The highest BCUT2D eigenvalue weighted by atomic mass is 16.4. The van der Waals surface area contributed by atoms with E-state index in [4.69, 9.17) is 10.2 Å². The van der Waals surface area contributed by atoms with Gasteiger partial charge >= 0.3 is 5.76 Å². The highest BCUT2D eigenvalue weighted by molar-refractivity contribution is 5.67. The molecular weight excluding hydrogens is 218 g/mol. The minimum absolute atomic E-state index is 0.0716. The van der Waals surface area contributed by atoms with Gasteiger partial charge in [-0.15, -0.1) is 0 Å². The molecule has 0 aliphatic heterocycles. The van der Waals surface area contributed by atoms with E-state index in [1.54, 1.807) is 18.3 Å². The van der Waals surface area contributed by atoms with Crippen LogP contribution >= 0.6 is 0 Å². The maximum absolute atomic E-state index is 11.7. The van der Waals surface area contributed by atoms with Gasteiger partial charge in [0.25, 0.3) is 0 Å². The number of fused-ring (bicyclic) bond motifs is 1. The lowest BCUT2D eigenvalue weighted by atomic mass is 9.87. The lowest BCUT2D eigenvalue weighted by molar-refractivity contribution is 0.287. The van der Waals surface area contributed by atoms with Gasteiger partial charge in [-0.25, -0.2) is 9.78 Å².